The van der Waals surface area contributed by atoms with Gasteiger partial charge in [0.2, 0.25) is 10.0 Å². The third-order valence-electron chi connectivity index (χ3n) is 3.66. The summed E-state index contributed by atoms with van der Waals surface area (Å²) < 4.78 is 26.8. The lowest BCUT2D eigenvalue weighted by molar-refractivity contribution is 0.154. The first-order valence-corrected chi connectivity index (χ1v) is 8.29. The van der Waals surface area contributed by atoms with Gasteiger partial charge in [0.25, 0.3) is 0 Å². The standard InChI is InChI=1S/C13H22N4O2S/c1-11(2)16-6-8-17(9-7-16)20(18,19)13-4-3-5-15-12(13)10-14/h3-5,11H,6-10,14H2,1-2H3. The molecule has 0 bridgehead atoms. The van der Waals surface area contributed by atoms with Crippen LogP contribution in [0.3, 0.4) is 0 Å². The largest absolute Gasteiger partial charge is 0.325 e. The maximum absolute atomic E-state index is 12.7. The molecule has 2 rings (SSSR count). The second-order valence-corrected chi connectivity index (χ2v) is 7.09. The Hall–Kier alpha value is -1.02. The molecule has 0 spiro atoms. The van der Waals surface area contributed by atoms with Gasteiger partial charge >= 0.3 is 0 Å². The molecule has 1 aliphatic rings. The Labute approximate surface area is 120 Å². The highest BCUT2D eigenvalue weighted by atomic mass is 32.2. The van der Waals surface area contributed by atoms with Crippen molar-refractivity contribution < 1.29 is 8.42 Å². The van der Waals surface area contributed by atoms with Crippen LogP contribution < -0.4 is 5.73 Å². The fraction of sp³-hybridized carbons (Fsp3) is 0.615. The van der Waals surface area contributed by atoms with Gasteiger partial charge in [-0.1, -0.05) is 0 Å². The molecule has 1 fully saturated rings. The third kappa shape index (κ3) is 3.01. The van der Waals surface area contributed by atoms with Crippen LogP contribution in [-0.4, -0.2) is 54.8 Å². The quantitative estimate of drug-likeness (QED) is 0.862. The molecule has 0 atom stereocenters. The van der Waals surface area contributed by atoms with Gasteiger partial charge in [-0.25, -0.2) is 8.42 Å². The maximum Gasteiger partial charge on any atom is 0.245 e. The van der Waals surface area contributed by atoms with E-state index in [1.54, 1.807) is 18.3 Å². The first-order valence-electron chi connectivity index (χ1n) is 6.85. The van der Waals surface area contributed by atoms with E-state index in [0.717, 1.165) is 13.1 Å². The zero-order valence-corrected chi connectivity index (χ0v) is 12.8. The van der Waals surface area contributed by atoms with E-state index in [4.69, 9.17) is 5.73 Å². The molecule has 1 aromatic rings. The average Bonchev–Trinajstić information content (AvgIpc) is 2.47. The summed E-state index contributed by atoms with van der Waals surface area (Å²) in [5, 5.41) is 0. The molecule has 1 saturated heterocycles. The number of sulfonamides is 1. The highest BCUT2D eigenvalue weighted by Crippen LogP contribution is 2.20. The maximum atomic E-state index is 12.7. The van der Waals surface area contributed by atoms with Crippen molar-refractivity contribution >= 4 is 10.0 Å². The molecule has 0 radical (unpaired) electrons. The molecular weight excluding hydrogens is 276 g/mol. The lowest BCUT2D eigenvalue weighted by Crippen LogP contribution is -2.50. The number of nitrogens with two attached hydrogens (primary N) is 1. The van der Waals surface area contributed by atoms with Gasteiger partial charge < -0.3 is 5.73 Å². The molecule has 6 nitrogen and oxygen atoms in total. The number of piperazine rings is 1. The van der Waals surface area contributed by atoms with E-state index >= 15 is 0 Å². The van der Waals surface area contributed by atoms with Crippen molar-refractivity contribution in [2.45, 2.75) is 31.3 Å². The number of hydrogen-bond acceptors (Lipinski definition) is 5. The summed E-state index contributed by atoms with van der Waals surface area (Å²) in [5.74, 6) is 0. The van der Waals surface area contributed by atoms with Crippen molar-refractivity contribution in [2.75, 3.05) is 26.2 Å². The Balaban J connectivity index is 2.20. The summed E-state index contributed by atoms with van der Waals surface area (Å²) >= 11 is 0. The number of hydrogen-bond donors (Lipinski definition) is 1. The predicted molar refractivity (Wildman–Crippen MR) is 77.6 cm³/mol. The van der Waals surface area contributed by atoms with Gasteiger partial charge in [0.05, 0.1) is 5.69 Å². The molecule has 1 aromatic heterocycles. The van der Waals surface area contributed by atoms with Crippen LogP contribution in [0.25, 0.3) is 0 Å². The highest BCUT2D eigenvalue weighted by Gasteiger charge is 2.30. The van der Waals surface area contributed by atoms with Crippen LogP contribution in [0.2, 0.25) is 0 Å². The van der Waals surface area contributed by atoms with Gasteiger partial charge in [-0.2, -0.15) is 4.31 Å². The van der Waals surface area contributed by atoms with Crippen molar-refractivity contribution in [3.05, 3.63) is 24.0 Å². The Morgan fingerprint density at radius 1 is 1.30 bits per heavy atom. The molecule has 0 unspecified atom stereocenters. The fourth-order valence-corrected chi connectivity index (χ4v) is 4.02. The lowest BCUT2D eigenvalue weighted by Gasteiger charge is -2.36. The van der Waals surface area contributed by atoms with Crippen LogP contribution in [-0.2, 0) is 16.6 Å². The smallest absolute Gasteiger partial charge is 0.245 e. The minimum atomic E-state index is -3.49. The van der Waals surface area contributed by atoms with Gasteiger partial charge in [0.1, 0.15) is 4.90 Å². The summed E-state index contributed by atoms with van der Waals surface area (Å²) in [7, 11) is -3.49. The number of aromatic nitrogens is 1. The zero-order chi connectivity index (χ0) is 14.8. The molecule has 2 N–H and O–H groups in total. The van der Waals surface area contributed by atoms with E-state index in [0.29, 0.717) is 24.8 Å². The van der Waals surface area contributed by atoms with Crippen LogP contribution in [0.15, 0.2) is 23.2 Å². The topological polar surface area (TPSA) is 79.5 Å². The Kier molecular flexibility index (Phi) is 4.74. The predicted octanol–water partition coefficient (Wildman–Crippen LogP) is 0.255. The summed E-state index contributed by atoms with van der Waals surface area (Å²) in [6.07, 6.45) is 1.57. The number of pyridine rings is 1. The fourth-order valence-electron chi connectivity index (χ4n) is 2.41. The van der Waals surface area contributed by atoms with Crippen molar-refractivity contribution in [1.82, 2.24) is 14.2 Å². The van der Waals surface area contributed by atoms with Crippen LogP contribution in [0.5, 0.6) is 0 Å². The second kappa shape index (κ2) is 6.17. The van der Waals surface area contributed by atoms with E-state index in [1.807, 2.05) is 0 Å². The van der Waals surface area contributed by atoms with Crippen LogP contribution in [0, 0.1) is 0 Å². The van der Waals surface area contributed by atoms with Gasteiger partial charge in [0.15, 0.2) is 0 Å². The first-order chi connectivity index (χ1) is 9.46. The number of rotatable bonds is 4. The minimum Gasteiger partial charge on any atom is -0.325 e. The van der Waals surface area contributed by atoms with Gasteiger partial charge in [-0.05, 0) is 26.0 Å². The van der Waals surface area contributed by atoms with Crippen LogP contribution in [0.1, 0.15) is 19.5 Å². The summed E-state index contributed by atoms with van der Waals surface area (Å²) in [5.41, 5.74) is 6.01. The van der Waals surface area contributed by atoms with Crippen molar-refractivity contribution in [3.8, 4) is 0 Å². The summed E-state index contributed by atoms with van der Waals surface area (Å²) in [4.78, 5) is 6.57. The first kappa shape index (κ1) is 15.4. The molecule has 0 aliphatic carbocycles. The molecule has 2 heterocycles. The van der Waals surface area contributed by atoms with E-state index in [9.17, 15) is 8.42 Å². The normalized spacial score (nSPS) is 18.6. The van der Waals surface area contributed by atoms with Crippen LogP contribution >= 0.6 is 0 Å². The van der Waals surface area contributed by atoms with Gasteiger partial charge in [0, 0.05) is 45.0 Å². The summed E-state index contributed by atoms with van der Waals surface area (Å²) in [6.45, 7) is 6.92. The van der Waals surface area contributed by atoms with E-state index in [-0.39, 0.29) is 11.4 Å². The van der Waals surface area contributed by atoms with E-state index in [1.165, 1.54) is 4.31 Å². The van der Waals surface area contributed by atoms with Crippen molar-refractivity contribution in [3.63, 3.8) is 0 Å². The molecule has 112 valence electrons. The molecule has 7 heteroatoms. The zero-order valence-electron chi connectivity index (χ0n) is 12.0. The Morgan fingerprint density at radius 2 is 1.95 bits per heavy atom. The second-order valence-electron chi connectivity index (χ2n) is 5.19. The Morgan fingerprint density at radius 3 is 2.50 bits per heavy atom. The third-order valence-corrected chi connectivity index (χ3v) is 5.64. The van der Waals surface area contributed by atoms with Crippen molar-refractivity contribution in [2.24, 2.45) is 5.73 Å². The molecule has 20 heavy (non-hydrogen) atoms. The van der Waals surface area contributed by atoms with E-state index < -0.39 is 10.0 Å². The Bertz CT molecular complexity index is 551. The molecule has 0 amide bonds. The lowest BCUT2D eigenvalue weighted by atomic mass is 10.3. The van der Waals surface area contributed by atoms with Crippen LogP contribution in [0.4, 0.5) is 0 Å². The summed E-state index contributed by atoms with van der Waals surface area (Å²) in [6, 6.07) is 3.66. The number of nitrogens with zero attached hydrogens (tertiary/aromatic N) is 3. The monoisotopic (exact) mass is 298 g/mol. The molecule has 0 saturated carbocycles. The average molecular weight is 298 g/mol. The molecular formula is C13H22N4O2S. The molecule has 0 aromatic carbocycles. The SMILES string of the molecule is CC(C)N1CCN(S(=O)(=O)c2cccnc2CN)CC1. The van der Waals surface area contributed by atoms with Gasteiger partial charge in [-0.3, -0.25) is 9.88 Å². The van der Waals surface area contributed by atoms with E-state index in [2.05, 4.69) is 23.7 Å². The molecule has 1 aliphatic heterocycles. The minimum absolute atomic E-state index is 0.126. The van der Waals surface area contributed by atoms with Crippen molar-refractivity contribution in [1.29, 1.82) is 0 Å². The van der Waals surface area contributed by atoms with Gasteiger partial charge in [-0.15, -0.1) is 0 Å². The highest BCUT2D eigenvalue weighted by molar-refractivity contribution is 7.89.